The highest BCUT2D eigenvalue weighted by molar-refractivity contribution is 5.76. The van der Waals surface area contributed by atoms with Crippen molar-refractivity contribution in [3.8, 4) is 0 Å². The van der Waals surface area contributed by atoms with Crippen LogP contribution in [0.1, 0.15) is 90.8 Å². The Labute approximate surface area is 179 Å². The average molecular weight is 421 g/mol. The standard InChI is InChI=1S/C22H36N4O4/c1-14-12-13-26(21(28)29-22(3,4)5)15(2)19(14)23-17(27)10-11-18-24-20(25-30-18)16-8-6-7-9-16/h14-16,19H,6-13H2,1-5H3,(H,23,27)/t14-,15-,19+/m1/s1. The Balaban J connectivity index is 1.52. The molecule has 1 saturated carbocycles. The Hall–Kier alpha value is -2.12. The third-order valence-electron chi connectivity index (χ3n) is 6.18. The van der Waals surface area contributed by atoms with E-state index in [2.05, 4.69) is 22.4 Å². The van der Waals surface area contributed by atoms with Gasteiger partial charge >= 0.3 is 6.09 Å². The predicted octanol–water partition coefficient (Wildman–Crippen LogP) is 3.81. The van der Waals surface area contributed by atoms with Crippen LogP contribution in [0.5, 0.6) is 0 Å². The number of ether oxygens (including phenoxy) is 1. The topological polar surface area (TPSA) is 97.6 Å². The zero-order chi connectivity index (χ0) is 21.9. The lowest BCUT2D eigenvalue weighted by molar-refractivity contribution is -0.123. The molecule has 2 aliphatic rings. The lowest BCUT2D eigenvalue weighted by atomic mass is 9.87. The quantitative estimate of drug-likeness (QED) is 0.778. The van der Waals surface area contributed by atoms with Crippen molar-refractivity contribution in [3.63, 3.8) is 0 Å². The van der Waals surface area contributed by atoms with Gasteiger partial charge in [0, 0.05) is 25.3 Å². The molecule has 2 fully saturated rings. The third kappa shape index (κ3) is 5.73. The molecule has 0 bridgehead atoms. The number of hydrogen-bond donors (Lipinski definition) is 1. The second kappa shape index (κ2) is 9.35. The Morgan fingerprint density at radius 3 is 2.57 bits per heavy atom. The molecule has 1 saturated heterocycles. The molecule has 1 aromatic rings. The number of hydrogen-bond acceptors (Lipinski definition) is 6. The first-order valence-corrected chi connectivity index (χ1v) is 11.3. The first-order chi connectivity index (χ1) is 14.1. The molecule has 0 aromatic carbocycles. The van der Waals surface area contributed by atoms with Crippen molar-refractivity contribution < 1.29 is 18.8 Å². The van der Waals surface area contributed by atoms with Crippen LogP contribution in [0.2, 0.25) is 0 Å². The second-order valence-corrected chi connectivity index (χ2v) is 9.80. The molecule has 1 N–H and O–H groups in total. The first-order valence-electron chi connectivity index (χ1n) is 11.3. The molecule has 2 amide bonds. The Bertz CT molecular complexity index is 736. The highest BCUT2D eigenvalue weighted by atomic mass is 16.6. The van der Waals surface area contributed by atoms with E-state index >= 15 is 0 Å². The van der Waals surface area contributed by atoms with E-state index in [4.69, 9.17) is 9.26 Å². The average Bonchev–Trinajstić information content (AvgIpc) is 3.33. The summed E-state index contributed by atoms with van der Waals surface area (Å²) in [7, 11) is 0. The van der Waals surface area contributed by atoms with Gasteiger partial charge < -0.3 is 19.5 Å². The van der Waals surface area contributed by atoms with Gasteiger partial charge in [0.25, 0.3) is 0 Å². The third-order valence-corrected chi connectivity index (χ3v) is 6.18. The predicted molar refractivity (Wildman–Crippen MR) is 112 cm³/mol. The van der Waals surface area contributed by atoms with Gasteiger partial charge in [-0.05, 0) is 52.9 Å². The summed E-state index contributed by atoms with van der Waals surface area (Å²) in [6.45, 7) is 10.3. The normalized spacial score (nSPS) is 25.4. The van der Waals surface area contributed by atoms with Gasteiger partial charge in [-0.3, -0.25) is 4.79 Å². The van der Waals surface area contributed by atoms with Crippen LogP contribution in [0.4, 0.5) is 4.79 Å². The maximum Gasteiger partial charge on any atom is 0.410 e. The van der Waals surface area contributed by atoms with E-state index in [0.29, 0.717) is 24.8 Å². The van der Waals surface area contributed by atoms with Crippen molar-refractivity contribution in [1.29, 1.82) is 0 Å². The highest BCUT2D eigenvalue weighted by Gasteiger charge is 2.38. The monoisotopic (exact) mass is 420 g/mol. The lowest BCUT2D eigenvalue weighted by Gasteiger charge is -2.43. The summed E-state index contributed by atoms with van der Waals surface area (Å²) in [6.07, 6.45) is 5.88. The van der Waals surface area contributed by atoms with Crippen LogP contribution < -0.4 is 5.32 Å². The van der Waals surface area contributed by atoms with E-state index in [9.17, 15) is 9.59 Å². The minimum absolute atomic E-state index is 0.0645. The van der Waals surface area contributed by atoms with Crippen molar-refractivity contribution in [2.75, 3.05) is 6.54 Å². The number of carbonyl (C=O) groups excluding carboxylic acids is 2. The van der Waals surface area contributed by atoms with Crippen LogP contribution in [0.15, 0.2) is 4.52 Å². The molecule has 30 heavy (non-hydrogen) atoms. The van der Waals surface area contributed by atoms with E-state index in [1.165, 1.54) is 12.8 Å². The van der Waals surface area contributed by atoms with Gasteiger partial charge in [-0.25, -0.2) is 4.79 Å². The van der Waals surface area contributed by atoms with Gasteiger partial charge in [0.05, 0.1) is 12.1 Å². The largest absolute Gasteiger partial charge is 0.444 e. The van der Waals surface area contributed by atoms with Crippen molar-refractivity contribution in [2.24, 2.45) is 5.92 Å². The molecule has 2 heterocycles. The van der Waals surface area contributed by atoms with Gasteiger partial charge in [-0.2, -0.15) is 4.98 Å². The number of rotatable bonds is 5. The number of carbonyl (C=O) groups is 2. The maximum atomic E-state index is 12.6. The van der Waals surface area contributed by atoms with Crippen LogP contribution in [-0.4, -0.2) is 51.3 Å². The van der Waals surface area contributed by atoms with E-state index in [1.807, 2.05) is 27.7 Å². The molecule has 0 radical (unpaired) electrons. The Kier molecular flexibility index (Phi) is 7.03. The Morgan fingerprint density at radius 2 is 1.90 bits per heavy atom. The van der Waals surface area contributed by atoms with Gasteiger partial charge in [0.2, 0.25) is 11.8 Å². The second-order valence-electron chi connectivity index (χ2n) is 9.80. The summed E-state index contributed by atoms with van der Waals surface area (Å²) in [5.41, 5.74) is -0.542. The molecule has 8 nitrogen and oxygen atoms in total. The van der Waals surface area contributed by atoms with Crippen molar-refractivity contribution in [1.82, 2.24) is 20.4 Å². The SMILES string of the molecule is C[C@@H]1CCN(C(=O)OC(C)(C)C)[C@H](C)[C@H]1NC(=O)CCc1nc(C2CCCC2)no1. The first kappa shape index (κ1) is 22.6. The number of nitrogens with one attached hydrogen (secondary N) is 1. The van der Waals surface area contributed by atoms with Gasteiger partial charge in [-0.1, -0.05) is 24.9 Å². The van der Waals surface area contributed by atoms with Crippen LogP contribution >= 0.6 is 0 Å². The molecule has 1 aliphatic carbocycles. The molecular weight excluding hydrogens is 384 g/mol. The maximum absolute atomic E-state index is 12.6. The fourth-order valence-corrected chi connectivity index (χ4v) is 4.43. The fraction of sp³-hybridized carbons (Fsp3) is 0.818. The summed E-state index contributed by atoms with van der Waals surface area (Å²) >= 11 is 0. The van der Waals surface area contributed by atoms with Crippen LogP contribution in [0.25, 0.3) is 0 Å². The molecular formula is C22H36N4O4. The van der Waals surface area contributed by atoms with Crippen molar-refractivity contribution >= 4 is 12.0 Å². The zero-order valence-electron chi connectivity index (χ0n) is 18.9. The Morgan fingerprint density at radius 1 is 1.20 bits per heavy atom. The van der Waals surface area contributed by atoms with Gasteiger partial charge in [0.1, 0.15) is 5.60 Å². The van der Waals surface area contributed by atoms with Gasteiger partial charge in [0.15, 0.2) is 5.82 Å². The van der Waals surface area contributed by atoms with Crippen molar-refractivity contribution in [2.45, 2.75) is 103 Å². The summed E-state index contributed by atoms with van der Waals surface area (Å²) in [5.74, 6) is 1.92. The summed E-state index contributed by atoms with van der Waals surface area (Å²) in [4.78, 5) is 31.4. The fourth-order valence-electron chi connectivity index (χ4n) is 4.43. The smallest absolute Gasteiger partial charge is 0.410 e. The molecule has 1 aliphatic heterocycles. The summed E-state index contributed by atoms with van der Waals surface area (Å²) < 4.78 is 10.9. The highest BCUT2D eigenvalue weighted by Crippen LogP contribution is 2.32. The lowest BCUT2D eigenvalue weighted by Crippen LogP contribution is -2.59. The van der Waals surface area contributed by atoms with E-state index in [-0.39, 0.29) is 36.4 Å². The molecule has 1 aromatic heterocycles. The summed E-state index contributed by atoms with van der Waals surface area (Å²) in [6, 6.07) is -0.250. The van der Waals surface area contributed by atoms with E-state index in [0.717, 1.165) is 25.1 Å². The zero-order valence-corrected chi connectivity index (χ0v) is 18.9. The minimum Gasteiger partial charge on any atom is -0.444 e. The number of aryl methyl sites for hydroxylation is 1. The number of amides is 2. The van der Waals surface area contributed by atoms with Crippen molar-refractivity contribution in [3.05, 3.63) is 11.7 Å². The molecule has 0 spiro atoms. The molecule has 168 valence electrons. The van der Waals surface area contributed by atoms with Crippen LogP contribution in [-0.2, 0) is 16.0 Å². The molecule has 3 rings (SSSR count). The van der Waals surface area contributed by atoms with E-state index < -0.39 is 5.60 Å². The van der Waals surface area contributed by atoms with Crippen LogP contribution in [0.3, 0.4) is 0 Å². The molecule has 0 unspecified atom stereocenters. The number of piperidine rings is 1. The number of nitrogens with zero attached hydrogens (tertiary/aromatic N) is 3. The minimum atomic E-state index is -0.542. The summed E-state index contributed by atoms with van der Waals surface area (Å²) in [5, 5.41) is 7.22. The van der Waals surface area contributed by atoms with Gasteiger partial charge in [-0.15, -0.1) is 0 Å². The molecule has 8 heteroatoms. The number of likely N-dealkylation sites (tertiary alicyclic amines) is 1. The molecule has 3 atom stereocenters. The van der Waals surface area contributed by atoms with E-state index in [1.54, 1.807) is 4.90 Å². The number of aromatic nitrogens is 2. The van der Waals surface area contributed by atoms with Crippen LogP contribution in [0, 0.1) is 5.92 Å².